The third-order valence-electron chi connectivity index (χ3n) is 4.35. The van der Waals surface area contributed by atoms with Gasteiger partial charge in [-0.2, -0.15) is 13.1 Å². The number of hydrogen-bond acceptors (Lipinski definition) is 6. The van der Waals surface area contributed by atoms with Gasteiger partial charge in [0.1, 0.15) is 17.1 Å². The summed E-state index contributed by atoms with van der Waals surface area (Å²) in [6.45, 7) is 1.94. The molecule has 3 aromatic rings. The van der Waals surface area contributed by atoms with Crippen molar-refractivity contribution in [1.29, 1.82) is 0 Å². The van der Waals surface area contributed by atoms with E-state index in [1.54, 1.807) is 24.4 Å². The van der Waals surface area contributed by atoms with Crippen molar-refractivity contribution in [2.75, 3.05) is 0 Å². The molecule has 1 aromatic carbocycles. The van der Waals surface area contributed by atoms with Gasteiger partial charge in [-0.25, -0.2) is 9.37 Å². The van der Waals surface area contributed by atoms with E-state index in [0.29, 0.717) is 11.5 Å². The van der Waals surface area contributed by atoms with Gasteiger partial charge in [0.2, 0.25) is 5.95 Å². The lowest BCUT2D eigenvalue weighted by atomic mass is 9.79. The minimum atomic E-state index is -0.798. The highest BCUT2D eigenvalue weighted by Gasteiger charge is 2.45. The van der Waals surface area contributed by atoms with Crippen LogP contribution in [0.4, 0.5) is 8.78 Å². The molecule has 8 heteroatoms. The van der Waals surface area contributed by atoms with E-state index >= 15 is 0 Å². The van der Waals surface area contributed by atoms with Crippen LogP contribution in [0.1, 0.15) is 23.7 Å². The molecule has 0 spiro atoms. The number of nitrogens with zero attached hydrogens (tertiary/aromatic N) is 4. The van der Waals surface area contributed by atoms with Crippen LogP contribution in [0.15, 0.2) is 53.8 Å². The number of benzene rings is 1. The number of aromatic nitrogens is 3. The molecular formula is C17H13F2N5S. The van der Waals surface area contributed by atoms with E-state index in [4.69, 9.17) is 0 Å². The molecule has 0 saturated heterocycles. The standard InChI is InChI=1S/C17H13F2N5S/c1-10-17(11-2-5-13(18)6-3-11,12-4-7-15(19)20-8-12)23-16(22-10)14-9-21-25-24-14/h2-10H,1H3,(H,22,23)/t10-,17+/m0/s1. The van der Waals surface area contributed by atoms with Crippen molar-refractivity contribution in [3.63, 3.8) is 0 Å². The van der Waals surface area contributed by atoms with Crippen LogP contribution in [0.25, 0.3) is 0 Å². The molecule has 0 aliphatic carbocycles. The molecule has 0 unspecified atom stereocenters. The molecule has 0 radical (unpaired) electrons. The molecule has 0 fully saturated rings. The van der Waals surface area contributed by atoms with E-state index in [2.05, 4.69) is 24.0 Å². The summed E-state index contributed by atoms with van der Waals surface area (Å²) in [5.41, 5.74) is 1.37. The smallest absolute Gasteiger partial charge is 0.212 e. The predicted octanol–water partition coefficient (Wildman–Crippen LogP) is 2.89. The number of aliphatic imine (C=N–C) groups is 1. The fraction of sp³-hybridized carbons (Fsp3) is 0.176. The van der Waals surface area contributed by atoms with E-state index in [9.17, 15) is 8.78 Å². The summed E-state index contributed by atoms with van der Waals surface area (Å²) in [5.74, 6) is -0.296. The number of halogens is 2. The van der Waals surface area contributed by atoms with E-state index in [1.165, 1.54) is 24.4 Å². The molecule has 2 aromatic heterocycles. The Kier molecular flexibility index (Phi) is 3.76. The zero-order valence-electron chi connectivity index (χ0n) is 13.1. The Hall–Kier alpha value is -2.74. The minimum Gasteiger partial charge on any atom is -0.353 e. The monoisotopic (exact) mass is 357 g/mol. The number of amidine groups is 1. The van der Waals surface area contributed by atoms with Crippen molar-refractivity contribution in [3.8, 4) is 0 Å². The first-order valence-electron chi connectivity index (χ1n) is 7.61. The van der Waals surface area contributed by atoms with Crippen molar-refractivity contribution < 1.29 is 8.78 Å². The Morgan fingerprint density at radius 3 is 2.44 bits per heavy atom. The van der Waals surface area contributed by atoms with Gasteiger partial charge in [0.05, 0.1) is 24.0 Å². The summed E-state index contributed by atoms with van der Waals surface area (Å²) in [6, 6.07) is 8.89. The first-order chi connectivity index (χ1) is 12.1. The summed E-state index contributed by atoms with van der Waals surface area (Å²) < 4.78 is 35.0. The molecule has 5 nitrogen and oxygen atoms in total. The normalized spacial score (nSPS) is 22.5. The maximum Gasteiger partial charge on any atom is 0.212 e. The Morgan fingerprint density at radius 1 is 1.04 bits per heavy atom. The van der Waals surface area contributed by atoms with Gasteiger partial charge in [-0.3, -0.25) is 4.99 Å². The van der Waals surface area contributed by atoms with Gasteiger partial charge in [0.15, 0.2) is 5.84 Å². The number of pyridine rings is 1. The zero-order valence-corrected chi connectivity index (χ0v) is 14.0. The quantitative estimate of drug-likeness (QED) is 0.732. The molecule has 1 aliphatic heterocycles. The number of rotatable bonds is 3. The van der Waals surface area contributed by atoms with Gasteiger partial charge < -0.3 is 5.32 Å². The van der Waals surface area contributed by atoms with E-state index < -0.39 is 11.5 Å². The fourth-order valence-corrected chi connectivity index (χ4v) is 3.54. The second kappa shape index (κ2) is 5.96. The summed E-state index contributed by atoms with van der Waals surface area (Å²) in [5, 5.41) is 3.40. The number of hydrogen-bond donors (Lipinski definition) is 1. The highest BCUT2D eigenvalue weighted by molar-refractivity contribution is 6.99. The van der Waals surface area contributed by atoms with Crippen molar-refractivity contribution >= 4 is 17.6 Å². The van der Waals surface area contributed by atoms with E-state index in [1.807, 2.05) is 6.92 Å². The van der Waals surface area contributed by atoms with Gasteiger partial charge >= 0.3 is 0 Å². The van der Waals surface area contributed by atoms with E-state index in [-0.39, 0.29) is 11.9 Å². The minimum absolute atomic E-state index is 0.248. The Morgan fingerprint density at radius 2 is 1.80 bits per heavy atom. The second-order valence-electron chi connectivity index (χ2n) is 5.76. The largest absolute Gasteiger partial charge is 0.353 e. The second-order valence-corrected chi connectivity index (χ2v) is 6.31. The lowest BCUT2D eigenvalue weighted by molar-refractivity contribution is 0.430. The van der Waals surface area contributed by atoms with Gasteiger partial charge in [-0.15, -0.1) is 0 Å². The zero-order chi connectivity index (χ0) is 17.4. The molecule has 1 aliphatic rings. The van der Waals surface area contributed by atoms with Crippen LogP contribution < -0.4 is 5.32 Å². The van der Waals surface area contributed by atoms with Crippen molar-refractivity contribution in [2.45, 2.75) is 18.5 Å². The topological polar surface area (TPSA) is 63.1 Å². The third kappa shape index (κ3) is 2.58. The average Bonchev–Trinajstić information content (AvgIpc) is 3.25. The molecule has 3 heterocycles. The van der Waals surface area contributed by atoms with Crippen LogP contribution in [0.2, 0.25) is 0 Å². The van der Waals surface area contributed by atoms with Crippen LogP contribution in [-0.2, 0) is 5.54 Å². The Balaban J connectivity index is 1.86. The third-order valence-corrected chi connectivity index (χ3v) is 4.83. The van der Waals surface area contributed by atoms with Crippen LogP contribution in [0.5, 0.6) is 0 Å². The SMILES string of the molecule is C[C@@H]1N=C(c2cnsn2)N[C@]1(c1ccc(F)cc1)c1ccc(F)nc1. The van der Waals surface area contributed by atoms with Crippen molar-refractivity contribution in [1.82, 2.24) is 19.0 Å². The van der Waals surface area contributed by atoms with Crippen molar-refractivity contribution in [3.05, 3.63) is 77.4 Å². The molecule has 0 bridgehead atoms. The molecular weight excluding hydrogens is 344 g/mol. The van der Waals surface area contributed by atoms with Crippen LogP contribution in [0.3, 0.4) is 0 Å². The summed E-state index contributed by atoms with van der Waals surface area (Å²) in [4.78, 5) is 8.45. The molecule has 0 saturated carbocycles. The molecule has 25 heavy (non-hydrogen) atoms. The average molecular weight is 357 g/mol. The van der Waals surface area contributed by atoms with Gasteiger partial charge in [0.25, 0.3) is 0 Å². The molecule has 4 rings (SSSR count). The van der Waals surface area contributed by atoms with Gasteiger partial charge in [-0.1, -0.05) is 18.2 Å². The maximum absolute atomic E-state index is 13.4. The molecule has 1 N–H and O–H groups in total. The lowest BCUT2D eigenvalue weighted by Crippen LogP contribution is -2.48. The summed E-state index contributed by atoms with van der Waals surface area (Å²) in [6.07, 6.45) is 3.10. The predicted molar refractivity (Wildman–Crippen MR) is 90.4 cm³/mol. The maximum atomic E-state index is 13.4. The highest BCUT2D eigenvalue weighted by atomic mass is 32.1. The van der Waals surface area contributed by atoms with Crippen LogP contribution >= 0.6 is 11.7 Å². The number of nitrogens with one attached hydrogen (secondary N) is 1. The molecule has 2 atom stereocenters. The first-order valence-corrected chi connectivity index (χ1v) is 8.34. The first kappa shape index (κ1) is 15.8. The Bertz CT molecular complexity index is 862. The van der Waals surface area contributed by atoms with Crippen LogP contribution in [0, 0.1) is 11.8 Å². The summed E-state index contributed by atoms with van der Waals surface area (Å²) >= 11 is 1.09. The van der Waals surface area contributed by atoms with Crippen LogP contribution in [-0.4, -0.2) is 25.6 Å². The van der Waals surface area contributed by atoms with Gasteiger partial charge in [-0.05, 0) is 30.7 Å². The lowest BCUT2D eigenvalue weighted by Gasteiger charge is -2.34. The summed E-state index contributed by atoms with van der Waals surface area (Å²) in [7, 11) is 0. The molecule has 0 amide bonds. The van der Waals surface area contributed by atoms with Crippen molar-refractivity contribution in [2.24, 2.45) is 4.99 Å². The van der Waals surface area contributed by atoms with Gasteiger partial charge in [0, 0.05) is 11.8 Å². The highest BCUT2D eigenvalue weighted by Crippen LogP contribution is 2.38. The fourth-order valence-electron chi connectivity index (χ4n) is 3.13. The Labute approximate surface area is 146 Å². The molecule has 126 valence electrons. The van der Waals surface area contributed by atoms with E-state index in [0.717, 1.165) is 22.9 Å².